The summed E-state index contributed by atoms with van der Waals surface area (Å²) in [6, 6.07) is 20.0. The van der Waals surface area contributed by atoms with Gasteiger partial charge in [0, 0.05) is 6.07 Å². The summed E-state index contributed by atoms with van der Waals surface area (Å²) < 4.78 is 11.5. The average Bonchev–Trinajstić information content (AvgIpc) is 2.75. The number of anilines is 2. The molecule has 0 saturated carbocycles. The lowest BCUT2D eigenvalue weighted by Crippen LogP contribution is -1.98. The Hall–Kier alpha value is -5.18. The van der Waals surface area contributed by atoms with Gasteiger partial charge in [-0.15, -0.1) is 0 Å². The zero-order chi connectivity index (χ0) is 21.7. The van der Waals surface area contributed by atoms with E-state index in [0.717, 1.165) is 0 Å². The molecule has 4 N–H and O–H groups in total. The maximum atomic E-state index is 9.38. The molecule has 0 amide bonds. The molecule has 0 atom stereocenters. The van der Waals surface area contributed by atoms with Gasteiger partial charge in [0.2, 0.25) is 0 Å². The van der Waals surface area contributed by atoms with Crippen molar-refractivity contribution in [1.82, 2.24) is 0 Å². The molecule has 0 aliphatic heterocycles. The predicted octanol–water partition coefficient (Wildman–Crippen LogP) is 3.92. The second-order valence-corrected chi connectivity index (χ2v) is 5.93. The Kier molecular flexibility index (Phi) is 5.37. The van der Waals surface area contributed by atoms with E-state index in [0.29, 0.717) is 11.5 Å². The lowest BCUT2D eigenvalue weighted by atomic mass is 10.1. The van der Waals surface area contributed by atoms with Crippen molar-refractivity contribution in [2.24, 2.45) is 0 Å². The molecule has 0 aliphatic carbocycles. The summed E-state index contributed by atoms with van der Waals surface area (Å²) in [6.07, 6.45) is 0. The van der Waals surface area contributed by atoms with Gasteiger partial charge in [-0.25, -0.2) is 0 Å². The zero-order valence-electron chi connectivity index (χ0n) is 15.4. The summed E-state index contributed by atoms with van der Waals surface area (Å²) in [5.41, 5.74) is 11.9. The molecule has 0 aliphatic rings. The van der Waals surface area contributed by atoms with Crippen molar-refractivity contribution in [3.8, 4) is 47.3 Å². The number of rotatable bonds is 4. The normalized spacial score (nSPS) is 9.47. The average molecular weight is 392 g/mol. The number of nitrogens with two attached hydrogens (primary N) is 2. The highest BCUT2D eigenvalue weighted by Gasteiger charge is 2.15. The summed E-state index contributed by atoms with van der Waals surface area (Å²) in [7, 11) is 0. The van der Waals surface area contributed by atoms with Crippen LogP contribution in [-0.2, 0) is 0 Å². The Bertz CT molecular complexity index is 1220. The highest BCUT2D eigenvalue weighted by atomic mass is 16.5. The van der Waals surface area contributed by atoms with Crippen molar-refractivity contribution >= 4 is 11.4 Å². The third-order valence-electron chi connectivity index (χ3n) is 4.11. The summed E-state index contributed by atoms with van der Waals surface area (Å²) in [6.45, 7) is 0. The number of benzene rings is 3. The fourth-order valence-electron chi connectivity index (χ4n) is 2.69. The fraction of sp³-hybridized carbons (Fsp3) is 0. The molecule has 0 aromatic heterocycles. The first-order valence-electron chi connectivity index (χ1n) is 8.43. The Morgan fingerprint density at radius 1 is 0.567 bits per heavy atom. The second kappa shape index (κ2) is 8.23. The van der Waals surface area contributed by atoms with E-state index in [4.69, 9.17) is 20.9 Å². The van der Waals surface area contributed by atoms with Crippen LogP contribution in [0.15, 0.2) is 48.5 Å². The van der Waals surface area contributed by atoms with Crippen molar-refractivity contribution in [3.05, 3.63) is 70.8 Å². The van der Waals surface area contributed by atoms with Crippen LogP contribution in [0.25, 0.3) is 0 Å². The maximum absolute atomic E-state index is 9.38. The van der Waals surface area contributed by atoms with Gasteiger partial charge in [-0.1, -0.05) is 6.07 Å². The molecule has 3 aromatic rings. The molecule has 0 fully saturated rings. The Labute approximate surface area is 171 Å². The van der Waals surface area contributed by atoms with Gasteiger partial charge in [-0.3, -0.25) is 0 Å². The van der Waals surface area contributed by atoms with E-state index < -0.39 is 0 Å². The lowest BCUT2D eigenvalue weighted by Gasteiger charge is -2.12. The molecule has 0 heterocycles. The van der Waals surface area contributed by atoms with E-state index in [1.54, 1.807) is 18.2 Å². The van der Waals surface area contributed by atoms with Gasteiger partial charge in [0.05, 0.1) is 22.5 Å². The molecule has 0 saturated heterocycles. The molecule has 0 radical (unpaired) electrons. The maximum Gasteiger partial charge on any atom is 0.146 e. The van der Waals surface area contributed by atoms with Gasteiger partial charge >= 0.3 is 0 Å². The highest BCUT2D eigenvalue weighted by molar-refractivity contribution is 5.68. The monoisotopic (exact) mass is 392 g/mol. The van der Waals surface area contributed by atoms with Gasteiger partial charge < -0.3 is 20.9 Å². The first kappa shape index (κ1) is 19.6. The van der Waals surface area contributed by atoms with Crippen LogP contribution < -0.4 is 20.9 Å². The summed E-state index contributed by atoms with van der Waals surface area (Å²) in [5, 5.41) is 37.2. The van der Waals surface area contributed by atoms with Crippen molar-refractivity contribution in [2.45, 2.75) is 0 Å². The molecule has 0 bridgehead atoms. The van der Waals surface area contributed by atoms with E-state index >= 15 is 0 Å². The van der Waals surface area contributed by atoms with Crippen LogP contribution in [0.2, 0.25) is 0 Å². The molecular formula is C22H12N6O2. The van der Waals surface area contributed by atoms with Gasteiger partial charge in [-0.2, -0.15) is 21.0 Å². The van der Waals surface area contributed by atoms with E-state index in [9.17, 15) is 21.0 Å². The van der Waals surface area contributed by atoms with Crippen LogP contribution in [-0.4, -0.2) is 0 Å². The molecule has 3 aromatic carbocycles. The first-order chi connectivity index (χ1) is 14.5. The van der Waals surface area contributed by atoms with Crippen molar-refractivity contribution in [2.75, 3.05) is 11.5 Å². The third kappa shape index (κ3) is 3.62. The summed E-state index contributed by atoms with van der Waals surface area (Å²) in [4.78, 5) is 0. The minimum Gasteiger partial charge on any atom is -0.456 e. The van der Waals surface area contributed by atoms with Crippen molar-refractivity contribution < 1.29 is 9.47 Å². The molecule has 30 heavy (non-hydrogen) atoms. The number of nitriles is 4. The molecule has 8 nitrogen and oxygen atoms in total. The molecule has 3 rings (SSSR count). The standard InChI is InChI=1S/C22H12N6O2/c23-9-15-17(11-25)21(6-4-19(15)27)29-13-2-1-3-14(8-13)30-22-7-5-20(28)16(10-24)18(22)12-26/h1-8H,27-28H2. The lowest BCUT2D eigenvalue weighted by molar-refractivity contribution is 0.459. The Morgan fingerprint density at radius 3 is 1.33 bits per heavy atom. The second-order valence-electron chi connectivity index (χ2n) is 5.93. The smallest absolute Gasteiger partial charge is 0.146 e. The highest BCUT2D eigenvalue weighted by Crippen LogP contribution is 2.34. The van der Waals surface area contributed by atoms with Crippen LogP contribution in [0, 0.1) is 45.3 Å². The quantitative estimate of drug-likeness (QED) is 0.630. The van der Waals surface area contributed by atoms with Crippen LogP contribution in [0.1, 0.15) is 22.3 Å². The Morgan fingerprint density at radius 2 is 0.967 bits per heavy atom. The largest absolute Gasteiger partial charge is 0.456 e. The van der Waals surface area contributed by atoms with E-state index in [-0.39, 0.29) is 45.1 Å². The van der Waals surface area contributed by atoms with E-state index in [2.05, 4.69) is 0 Å². The zero-order valence-corrected chi connectivity index (χ0v) is 15.4. The summed E-state index contributed by atoms with van der Waals surface area (Å²) in [5.74, 6) is 0.981. The summed E-state index contributed by atoms with van der Waals surface area (Å²) >= 11 is 0. The fourth-order valence-corrected chi connectivity index (χ4v) is 2.69. The molecule has 0 unspecified atom stereocenters. The minimum absolute atomic E-state index is 0.0211. The number of nitrogens with zero attached hydrogens (tertiary/aromatic N) is 4. The topological polar surface area (TPSA) is 166 Å². The van der Waals surface area contributed by atoms with Crippen LogP contribution in [0.5, 0.6) is 23.0 Å². The number of hydrogen-bond donors (Lipinski definition) is 2. The van der Waals surface area contributed by atoms with Gasteiger partial charge in [0.25, 0.3) is 0 Å². The van der Waals surface area contributed by atoms with Gasteiger partial charge in [-0.05, 0) is 36.4 Å². The van der Waals surface area contributed by atoms with Gasteiger partial charge in [0.15, 0.2) is 0 Å². The predicted molar refractivity (Wildman–Crippen MR) is 107 cm³/mol. The minimum atomic E-state index is 0.0211. The number of hydrogen-bond acceptors (Lipinski definition) is 8. The van der Waals surface area contributed by atoms with Crippen LogP contribution >= 0.6 is 0 Å². The molecular weight excluding hydrogens is 380 g/mol. The number of ether oxygens (including phenoxy) is 2. The van der Waals surface area contributed by atoms with E-state index in [1.165, 1.54) is 30.3 Å². The first-order valence-corrected chi connectivity index (χ1v) is 8.43. The molecule has 142 valence electrons. The Balaban J connectivity index is 1.95. The SMILES string of the molecule is N#Cc1c(N)ccc(Oc2cccc(Oc3ccc(N)c(C#N)c3C#N)c2)c1C#N. The number of nitrogen functional groups attached to an aromatic ring is 2. The van der Waals surface area contributed by atoms with E-state index in [1.807, 2.05) is 24.3 Å². The van der Waals surface area contributed by atoms with Crippen LogP contribution in [0.3, 0.4) is 0 Å². The third-order valence-corrected chi connectivity index (χ3v) is 4.11. The molecule has 8 heteroatoms. The van der Waals surface area contributed by atoms with Crippen molar-refractivity contribution in [3.63, 3.8) is 0 Å². The van der Waals surface area contributed by atoms with Crippen LogP contribution in [0.4, 0.5) is 11.4 Å². The van der Waals surface area contributed by atoms with Crippen molar-refractivity contribution in [1.29, 1.82) is 21.0 Å². The molecule has 0 spiro atoms. The van der Waals surface area contributed by atoms with Gasteiger partial charge in [0.1, 0.15) is 58.4 Å².